The number of rotatable bonds is 7. The van der Waals surface area contributed by atoms with Gasteiger partial charge >= 0.3 is 5.97 Å². The van der Waals surface area contributed by atoms with Crippen molar-refractivity contribution in [1.82, 2.24) is 5.32 Å². The van der Waals surface area contributed by atoms with Gasteiger partial charge in [0, 0.05) is 7.05 Å². The molecular weight excluding hydrogens is 388 g/mol. The first kappa shape index (κ1) is 20.7. The molecule has 0 radical (unpaired) electrons. The van der Waals surface area contributed by atoms with Crippen molar-refractivity contribution >= 4 is 23.5 Å². The molecule has 2 amide bonds. The van der Waals surface area contributed by atoms with Crippen molar-refractivity contribution in [1.29, 1.82) is 0 Å². The van der Waals surface area contributed by atoms with Gasteiger partial charge in [-0.2, -0.15) is 0 Å². The van der Waals surface area contributed by atoms with Crippen molar-refractivity contribution in [3.8, 4) is 5.75 Å². The molecule has 0 aliphatic heterocycles. The highest BCUT2D eigenvalue weighted by atomic mass is 16.5. The molecule has 0 atom stereocenters. The third-order valence-electron chi connectivity index (χ3n) is 4.32. The van der Waals surface area contributed by atoms with Crippen LogP contribution in [0.25, 0.3) is 0 Å². The number of phenolic OH excluding ortho intramolecular Hbond substituents is 1. The molecule has 30 heavy (non-hydrogen) atoms. The fourth-order valence-corrected chi connectivity index (χ4v) is 2.67. The van der Waals surface area contributed by atoms with E-state index in [-0.39, 0.29) is 23.8 Å². The molecule has 1 heterocycles. The van der Waals surface area contributed by atoms with Crippen LogP contribution in [0.2, 0.25) is 0 Å². The zero-order valence-corrected chi connectivity index (χ0v) is 16.2. The Morgan fingerprint density at radius 3 is 2.47 bits per heavy atom. The predicted molar refractivity (Wildman–Crippen MR) is 108 cm³/mol. The maximum Gasteiger partial charge on any atom is 0.338 e. The number of amides is 2. The van der Waals surface area contributed by atoms with Crippen molar-refractivity contribution < 1.29 is 28.6 Å². The molecule has 2 N–H and O–H groups in total. The Morgan fingerprint density at radius 2 is 1.77 bits per heavy atom. The second-order valence-electron chi connectivity index (χ2n) is 6.35. The molecule has 2 aromatic carbocycles. The molecule has 3 rings (SSSR count). The molecule has 0 saturated carbocycles. The molecule has 0 fully saturated rings. The summed E-state index contributed by atoms with van der Waals surface area (Å²) >= 11 is 0. The van der Waals surface area contributed by atoms with Gasteiger partial charge in [-0.1, -0.05) is 12.1 Å². The number of furan rings is 1. The number of nitrogens with zero attached hydrogens (tertiary/aromatic N) is 1. The third kappa shape index (κ3) is 5.05. The fourth-order valence-electron chi connectivity index (χ4n) is 2.67. The first-order chi connectivity index (χ1) is 14.5. The van der Waals surface area contributed by atoms with Gasteiger partial charge in [0.2, 0.25) is 0 Å². The molecule has 8 heteroatoms. The summed E-state index contributed by atoms with van der Waals surface area (Å²) in [7, 11) is 1.50. The Balaban J connectivity index is 1.63. The highest BCUT2D eigenvalue weighted by Crippen LogP contribution is 2.20. The van der Waals surface area contributed by atoms with E-state index in [1.165, 1.54) is 42.5 Å². The van der Waals surface area contributed by atoms with Gasteiger partial charge in [-0.3, -0.25) is 9.59 Å². The molecule has 0 unspecified atom stereocenters. The third-order valence-corrected chi connectivity index (χ3v) is 4.32. The molecule has 0 spiro atoms. The molecule has 0 saturated heterocycles. The molecule has 154 valence electrons. The second kappa shape index (κ2) is 9.42. The quantitative estimate of drug-likeness (QED) is 0.582. The smallest absolute Gasteiger partial charge is 0.338 e. The number of aromatic hydroxyl groups is 1. The van der Waals surface area contributed by atoms with Crippen LogP contribution < -0.4 is 10.2 Å². The largest absolute Gasteiger partial charge is 0.508 e. The number of hydrogen-bond acceptors (Lipinski definition) is 6. The van der Waals surface area contributed by atoms with Crippen LogP contribution in [0.4, 0.5) is 5.69 Å². The van der Waals surface area contributed by atoms with Gasteiger partial charge in [0.05, 0.1) is 29.6 Å². The Morgan fingerprint density at radius 1 is 1.03 bits per heavy atom. The van der Waals surface area contributed by atoms with Gasteiger partial charge in [0.15, 0.2) is 6.61 Å². The van der Waals surface area contributed by atoms with E-state index in [2.05, 4.69) is 5.32 Å². The molecule has 1 aromatic heterocycles. The summed E-state index contributed by atoms with van der Waals surface area (Å²) in [5.74, 6) is -0.951. The highest BCUT2D eigenvalue weighted by Gasteiger charge is 2.20. The van der Waals surface area contributed by atoms with Crippen molar-refractivity contribution in [2.75, 3.05) is 18.6 Å². The van der Waals surface area contributed by atoms with Gasteiger partial charge in [-0.25, -0.2) is 4.79 Å². The Labute approximate surface area is 172 Å². The topological polar surface area (TPSA) is 109 Å². The number of phenols is 1. The number of carbonyl (C=O) groups is 3. The molecule has 8 nitrogen and oxygen atoms in total. The van der Waals surface area contributed by atoms with E-state index in [4.69, 9.17) is 9.15 Å². The number of hydrogen-bond donors (Lipinski definition) is 2. The van der Waals surface area contributed by atoms with Gasteiger partial charge in [-0.15, -0.1) is 0 Å². The van der Waals surface area contributed by atoms with Crippen LogP contribution in [0, 0.1) is 0 Å². The predicted octanol–water partition coefficient (Wildman–Crippen LogP) is 2.74. The number of ether oxygens (including phenoxy) is 1. The fraction of sp³-hybridized carbons (Fsp3) is 0.136. The Kier molecular flexibility index (Phi) is 6.49. The number of likely N-dealkylation sites (N-methyl/N-ethyl adjacent to an activating group) is 1. The van der Waals surface area contributed by atoms with Crippen molar-refractivity contribution in [2.24, 2.45) is 0 Å². The van der Waals surface area contributed by atoms with E-state index < -0.39 is 18.5 Å². The number of anilines is 1. The molecule has 0 bridgehead atoms. The van der Waals surface area contributed by atoms with Gasteiger partial charge in [0.25, 0.3) is 11.8 Å². The average Bonchev–Trinajstić information content (AvgIpc) is 3.29. The first-order valence-electron chi connectivity index (χ1n) is 9.08. The Bertz CT molecular complexity index is 1030. The number of benzene rings is 2. The Hall–Kier alpha value is -4.07. The number of para-hydroxylation sites is 1. The number of esters is 1. The van der Waals surface area contributed by atoms with Crippen LogP contribution in [0.3, 0.4) is 0 Å². The monoisotopic (exact) mass is 408 g/mol. The summed E-state index contributed by atoms with van der Waals surface area (Å²) in [4.78, 5) is 38.4. The summed E-state index contributed by atoms with van der Waals surface area (Å²) < 4.78 is 10.2. The van der Waals surface area contributed by atoms with E-state index in [1.54, 1.807) is 36.4 Å². The lowest BCUT2D eigenvalue weighted by Crippen LogP contribution is -2.33. The highest BCUT2D eigenvalue weighted by molar-refractivity contribution is 6.05. The van der Waals surface area contributed by atoms with Gasteiger partial charge in [0.1, 0.15) is 11.5 Å². The summed E-state index contributed by atoms with van der Waals surface area (Å²) in [6.07, 6.45) is 1.52. The lowest BCUT2D eigenvalue weighted by molar-refractivity contribution is -0.121. The summed E-state index contributed by atoms with van der Waals surface area (Å²) in [6.45, 7) is -0.291. The maximum absolute atomic E-state index is 12.6. The van der Waals surface area contributed by atoms with E-state index in [1.807, 2.05) is 0 Å². The van der Waals surface area contributed by atoms with Crippen LogP contribution in [0.5, 0.6) is 5.75 Å². The van der Waals surface area contributed by atoms with E-state index in [0.29, 0.717) is 17.0 Å². The van der Waals surface area contributed by atoms with E-state index in [9.17, 15) is 19.5 Å². The zero-order valence-electron chi connectivity index (χ0n) is 16.2. The summed E-state index contributed by atoms with van der Waals surface area (Å²) in [6, 6.07) is 15.6. The maximum atomic E-state index is 12.6. The van der Waals surface area contributed by atoms with Crippen LogP contribution in [0.1, 0.15) is 26.5 Å². The van der Waals surface area contributed by atoms with Crippen molar-refractivity contribution in [3.05, 3.63) is 83.8 Å². The van der Waals surface area contributed by atoms with Crippen molar-refractivity contribution in [3.63, 3.8) is 0 Å². The minimum atomic E-state index is -0.693. The van der Waals surface area contributed by atoms with Gasteiger partial charge < -0.3 is 24.5 Å². The van der Waals surface area contributed by atoms with E-state index in [0.717, 1.165) is 0 Å². The first-order valence-corrected chi connectivity index (χ1v) is 9.08. The number of nitrogens with one attached hydrogen (secondary N) is 1. The minimum Gasteiger partial charge on any atom is -0.508 e. The summed E-state index contributed by atoms with van der Waals surface area (Å²) in [5.41, 5.74) is 0.880. The summed E-state index contributed by atoms with van der Waals surface area (Å²) in [5, 5.41) is 12.0. The average molecular weight is 408 g/mol. The SMILES string of the molecule is CN(C(=O)COC(=O)c1ccc(O)cc1)c1ccccc1C(=O)NCc1ccco1. The molecule has 0 aliphatic carbocycles. The van der Waals surface area contributed by atoms with E-state index >= 15 is 0 Å². The van der Waals surface area contributed by atoms with Crippen LogP contribution in [-0.2, 0) is 16.1 Å². The minimum absolute atomic E-state index is 0.0179. The van der Waals surface area contributed by atoms with Crippen molar-refractivity contribution in [2.45, 2.75) is 6.54 Å². The molecule has 3 aromatic rings. The second-order valence-corrected chi connectivity index (χ2v) is 6.35. The molecule has 0 aliphatic rings. The van der Waals surface area contributed by atoms with Crippen LogP contribution >= 0.6 is 0 Å². The van der Waals surface area contributed by atoms with Crippen LogP contribution in [0.15, 0.2) is 71.3 Å². The zero-order chi connectivity index (χ0) is 21.5. The van der Waals surface area contributed by atoms with Gasteiger partial charge in [-0.05, 0) is 48.5 Å². The molecular formula is C22H20N2O6. The standard InChI is InChI=1S/C22H20N2O6/c1-24(20(26)14-30-22(28)15-8-10-16(25)11-9-15)19-7-3-2-6-18(19)21(27)23-13-17-5-4-12-29-17/h2-12,25H,13-14H2,1H3,(H,23,27). The lowest BCUT2D eigenvalue weighted by Gasteiger charge is -2.20. The normalized spacial score (nSPS) is 10.3. The van der Waals surface area contributed by atoms with Crippen LogP contribution in [-0.4, -0.2) is 36.5 Å². The lowest BCUT2D eigenvalue weighted by atomic mass is 10.1. The number of carbonyl (C=O) groups excluding carboxylic acids is 3.